The van der Waals surface area contributed by atoms with Crippen LogP contribution in [-0.2, 0) is 17.6 Å². The molecule has 1 heterocycles. The zero-order chi connectivity index (χ0) is 24.8. The van der Waals surface area contributed by atoms with Crippen LogP contribution in [-0.4, -0.2) is 40.7 Å². The summed E-state index contributed by atoms with van der Waals surface area (Å²) in [6.45, 7) is 0.464. The van der Waals surface area contributed by atoms with E-state index < -0.39 is 17.9 Å². The Balaban J connectivity index is 1.30. The molecular weight excluding hydrogens is 489 g/mol. The number of hydrogen-bond acceptors (Lipinski definition) is 5. The number of aliphatic carboxylic acids is 1. The van der Waals surface area contributed by atoms with E-state index in [-0.39, 0.29) is 22.0 Å². The van der Waals surface area contributed by atoms with E-state index in [9.17, 15) is 14.7 Å². The van der Waals surface area contributed by atoms with Crippen LogP contribution in [0, 0.1) is 0 Å². The number of pyridine rings is 1. The van der Waals surface area contributed by atoms with E-state index in [0.29, 0.717) is 24.8 Å². The number of aromatic nitrogens is 1. The third-order valence-electron chi connectivity index (χ3n) is 5.52. The van der Waals surface area contributed by atoms with Crippen molar-refractivity contribution in [2.75, 3.05) is 11.9 Å². The third kappa shape index (κ3) is 7.10. The Morgan fingerprint density at radius 3 is 2.37 bits per heavy atom. The SMILES string of the molecule is O=C(N[C@@H](Cc1ccc(OCCc2cccc(NC3CC3)n2)cc1)C(=O)O)c1c(Cl)cccc1Cl. The first-order valence-electron chi connectivity index (χ1n) is 11.3. The van der Waals surface area contributed by atoms with Crippen LogP contribution in [0.5, 0.6) is 5.75 Å². The van der Waals surface area contributed by atoms with Crippen LogP contribution >= 0.6 is 23.2 Å². The van der Waals surface area contributed by atoms with Crippen molar-refractivity contribution in [2.45, 2.75) is 37.8 Å². The van der Waals surface area contributed by atoms with Crippen LogP contribution in [0.15, 0.2) is 60.7 Å². The van der Waals surface area contributed by atoms with Gasteiger partial charge in [0.15, 0.2) is 0 Å². The van der Waals surface area contributed by atoms with Gasteiger partial charge >= 0.3 is 5.97 Å². The van der Waals surface area contributed by atoms with Gasteiger partial charge < -0.3 is 20.5 Å². The number of hydrogen-bond donors (Lipinski definition) is 3. The van der Waals surface area contributed by atoms with Crippen molar-refractivity contribution in [1.29, 1.82) is 0 Å². The number of carboxylic acids is 1. The highest BCUT2D eigenvalue weighted by molar-refractivity contribution is 6.39. The zero-order valence-electron chi connectivity index (χ0n) is 18.8. The molecular formula is C26H25Cl2N3O4. The second-order valence-electron chi connectivity index (χ2n) is 8.34. The fraction of sp³-hybridized carbons (Fsp3) is 0.269. The maximum Gasteiger partial charge on any atom is 0.326 e. The van der Waals surface area contributed by atoms with Crippen LogP contribution in [0.4, 0.5) is 5.82 Å². The minimum Gasteiger partial charge on any atom is -0.493 e. The van der Waals surface area contributed by atoms with Gasteiger partial charge in [0.1, 0.15) is 17.6 Å². The summed E-state index contributed by atoms with van der Waals surface area (Å²) in [5.74, 6) is -0.239. The number of nitrogens with zero attached hydrogens (tertiary/aromatic N) is 1. The molecule has 0 saturated heterocycles. The third-order valence-corrected chi connectivity index (χ3v) is 6.15. The molecule has 0 bridgehead atoms. The highest BCUT2D eigenvalue weighted by Crippen LogP contribution is 2.25. The molecule has 1 aliphatic rings. The molecule has 0 aliphatic heterocycles. The topological polar surface area (TPSA) is 101 Å². The molecule has 7 nitrogen and oxygen atoms in total. The zero-order valence-corrected chi connectivity index (χ0v) is 20.4. The lowest BCUT2D eigenvalue weighted by atomic mass is 10.1. The quantitative estimate of drug-likeness (QED) is 0.333. The molecule has 0 radical (unpaired) electrons. The van der Waals surface area contributed by atoms with E-state index in [1.807, 2.05) is 18.2 Å². The molecule has 1 saturated carbocycles. The standard InChI is InChI=1S/C26H25Cl2N3O4/c27-20-4-2-5-21(28)24(20)25(32)31-22(26(33)34)15-16-7-11-19(12-8-16)35-14-13-17-3-1-6-23(29-17)30-18-9-10-18/h1-8,11-12,18,22H,9-10,13-15H2,(H,29,30)(H,31,32)(H,33,34)/t22-/m0/s1. The Labute approximate surface area is 213 Å². The molecule has 4 rings (SSSR count). The average molecular weight is 514 g/mol. The molecule has 1 amide bonds. The summed E-state index contributed by atoms with van der Waals surface area (Å²) in [6, 6.07) is 17.1. The molecule has 1 aliphatic carbocycles. The number of nitrogens with one attached hydrogen (secondary N) is 2. The van der Waals surface area contributed by atoms with Crippen LogP contribution in [0.25, 0.3) is 0 Å². The minimum absolute atomic E-state index is 0.0502. The minimum atomic E-state index is -1.16. The predicted molar refractivity (Wildman–Crippen MR) is 136 cm³/mol. The smallest absolute Gasteiger partial charge is 0.326 e. The summed E-state index contributed by atoms with van der Waals surface area (Å²) in [7, 11) is 0. The number of halogens is 2. The maximum atomic E-state index is 12.6. The van der Waals surface area contributed by atoms with Crippen molar-refractivity contribution < 1.29 is 19.4 Å². The highest BCUT2D eigenvalue weighted by atomic mass is 35.5. The molecule has 9 heteroatoms. The number of rotatable bonds is 11. The lowest BCUT2D eigenvalue weighted by Crippen LogP contribution is -2.42. The van der Waals surface area contributed by atoms with Gasteiger partial charge in [-0.15, -0.1) is 0 Å². The van der Waals surface area contributed by atoms with E-state index in [1.54, 1.807) is 30.3 Å². The molecule has 3 aromatic rings. The molecule has 2 aromatic carbocycles. The van der Waals surface area contributed by atoms with Gasteiger partial charge in [0, 0.05) is 24.6 Å². The van der Waals surface area contributed by atoms with E-state index in [2.05, 4.69) is 15.6 Å². The first-order valence-corrected chi connectivity index (χ1v) is 12.1. The number of amides is 1. The monoisotopic (exact) mass is 513 g/mol. The van der Waals surface area contributed by atoms with Crippen molar-refractivity contribution in [3.63, 3.8) is 0 Å². The average Bonchev–Trinajstić information content (AvgIpc) is 3.64. The van der Waals surface area contributed by atoms with Gasteiger partial charge in [0.05, 0.1) is 22.2 Å². The lowest BCUT2D eigenvalue weighted by molar-refractivity contribution is -0.139. The van der Waals surface area contributed by atoms with Crippen molar-refractivity contribution in [2.24, 2.45) is 0 Å². The van der Waals surface area contributed by atoms with Gasteiger partial charge in [-0.05, 0) is 54.8 Å². The molecule has 1 atom stereocenters. The largest absolute Gasteiger partial charge is 0.493 e. The first kappa shape index (κ1) is 24.8. The number of carbonyl (C=O) groups excluding carboxylic acids is 1. The van der Waals surface area contributed by atoms with Gasteiger partial charge in [0.25, 0.3) is 5.91 Å². The summed E-state index contributed by atoms with van der Waals surface area (Å²) in [6.07, 6.45) is 3.15. The van der Waals surface area contributed by atoms with Gasteiger partial charge in [-0.1, -0.05) is 47.5 Å². The van der Waals surface area contributed by atoms with E-state index >= 15 is 0 Å². The maximum absolute atomic E-state index is 12.6. The Kier molecular flexibility index (Phi) is 8.10. The van der Waals surface area contributed by atoms with Crippen molar-refractivity contribution in [3.05, 3.63) is 87.5 Å². The molecule has 0 unspecified atom stereocenters. The van der Waals surface area contributed by atoms with Crippen LogP contribution < -0.4 is 15.4 Å². The Morgan fingerprint density at radius 2 is 1.71 bits per heavy atom. The van der Waals surface area contributed by atoms with Crippen LogP contribution in [0.2, 0.25) is 10.0 Å². The fourth-order valence-electron chi connectivity index (χ4n) is 3.51. The summed E-state index contributed by atoms with van der Waals surface area (Å²) >= 11 is 12.1. The number of anilines is 1. The Hall–Kier alpha value is -3.29. The van der Waals surface area contributed by atoms with E-state index in [0.717, 1.165) is 17.1 Å². The molecule has 0 spiro atoms. The van der Waals surface area contributed by atoms with Crippen LogP contribution in [0.3, 0.4) is 0 Å². The molecule has 35 heavy (non-hydrogen) atoms. The summed E-state index contributed by atoms with van der Waals surface area (Å²) in [5.41, 5.74) is 1.73. The number of carbonyl (C=O) groups is 2. The van der Waals surface area contributed by atoms with Crippen LogP contribution in [0.1, 0.15) is 34.5 Å². The molecule has 182 valence electrons. The summed E-state index contributed by atoms with van der Waals surface area (Å²) < 4.78 is 5.82. The number of carboxylic acid groups (broad SMARTS) is 1. The lowest BCUT2D eigenvalue weighted by Gasteiger charge is -2.16. The number of ether oxygens (including phenoxy) is 1. The van der Waals surface area contributed by atoms with Crippen molar-refractivity contribution >= 4 is 40.9 Å². The second-order valence-corrected chi connectivity index (χ2v) is 9.15. The summed E-state index contributed by atoms with van der Waals surface area (Å²) in [4.78, 5) is 28.9. The first-order chi connectivity index (χ1) is 16.9. The fourth-order valence-corrected chi connectivity index (χ4v) is 4.08. The second kappa shape index (κ2) is 11.4. The normalized spacial score (nSPS) is 13.7. The highest BCUT2D eigenvalue weighted by Gasteiger charge is 2.24. The Morgan fingerprint density at radius 1 is 1.03 bits per heavy atom. The molecule has 1 aromatic heterocycles. The van der Waals surface area contributed by atoms with Crippen molar-refractivity contribution in [3.8, 4) is 5.75 Å². The van der Waals surface area contributed by atoms with Gasteiger partial charge in [-0.2, -0.15) is 0 Å². The van der Waals surface area contributed by atoms with E-state index in [1.165, 1.54) is 25.0 Å². The van der Waals surface area contributed by atoms with Gasteiger partial charge in [-0.25, -0.2) is 9.78 Å². The predicted octanol–water partition coefficient (Wildman–Crippen LogP) is 5.01. The Bertz CT molecular complexity index is 1180. The van der Waals surface area contributed by atoms with Crippen molar-refractivity contribution in [1.82, 2.24) is 10.3 Å². The molecule has 3 N–H and O–H groups in total. The number of benzene rings is 2. The van der Waals surface area contributed by atoms with Gasteiger partial charge in [-0.3, -0.25) is 4.79 Å². The van der Waals surface area contributed by atoms with E-state index in [4.69, 9.17) is 27.9 Å². The van der Waals surface area contributed by atoms with Gasteiger partial charge in [0.2, 0.25) is 0 Å². The molecule has 1 fully saturated rings. The summed E-state index contributed by atoms with van der Waals surface area (Å²) in [5, 5.41) is 15.8.